The van der Waals surface area contributed by atoms with Crippen LogP contribution in [0.2, 0.25) is 0 Å². The van der Waals surface area contributed by atoms with E-state index >= 15 is 0 Å². The first kappa shape index (κ1) is 39.1. The summed E-state index contributed by atoms with van der Waals surface area (Å²) in [6.07, 6.45) is 4.37. The summed E-state index contributed by atoms with van der Waals surface area (Å²) in [7, 11) is 1.57. The second-order valence-corrected chi connectivity index (χ2v) is 16.3. The van der Waals surface area contributed by atoms with Crippen molar-refractivity contribution in [3.63, 3.8) is 0 Å². The SMILES string of the molecule is COc1cc2c(cc1OCc1cc(COc3cc4c(cc3C)C(=O)N3c5ccccc5C[C@H]3CN4)cc(OCCOCCC(C)C)c1)N=C[C@@H]1Cc3ccccc3N1C2=O. The first-order chi connectivity index (χ1) is 29.2. The van der Waals surface area contributed by atoms with E-state index in [1.807, 2.05) is 89.7 Å². The van der Waals surface area contributed by atoms with Crippen LogP contribution in [-0.2, 0) is 30.8 Å². The Labute approximate surface area is 350 Å². The molecule has 1 N–H and O–H groups in total. The van der Waals surface area contributed by atoms with Crippen LogP contribution in [0.15, 0.2) is 96.0 Å². The second kappa shape index (κ2) is 16.7. The number of nitrogens with zero attached hydrogens (tertiary/aromatic N) is 3. The average Bonchev–Trinajstić information content (AvgIpc) is 3.74. The van der Waals surface area contributed by atoms with Gasteiger partial charge in [-0.3, -0.25) is 19.5 Å². The third kappa shape index (κ3) is 7.77. The van der Waals surface area contributed by atoms with Gasteiger partial charge in [0.05, 0.1) is 48.3 Å². The Hall–Kier alpha value is -6.33. The summed E-state index contributed by atoms with van der Waals surface area (Å²) >= 11 is 0. The van der Waals surface area contributed by atoms with Gasteiger partial charge in [-0.15, -0.1) is 0 Å². The smallest absolute Gasteiger partial charge is 0.261 e. The van der Waals surface area contributed by atoms with Crippen LogP contribution in [0.25, 0.3) is 0 Å². The molecule has 0 fully saturated rings. The van der Waals surface area contributed by atoms with Gasteiger partial charge in [0.25, 0.3) is 11.8 Å². The lowest BCUT2D eigenvalue weighted by Gasteiger charge is -2.22. The maximum Gasteiger partial charge on any atom is 0.261 e. The highest BCUT2D eigenvalue weighted by molar-refractivity contribution is 6.15. The molecule has 60 heavy (non-hydrogen) atoms. The van der Waals surface area contributed by atoms with Gasteiger partial charge in [0.15, 0.2) is 11.5 Å². The molecule has 308 valence electrons. The van der Waals surface area contributed by atoms with E-state index in [0.29, 0.717) is 78.5 Å². The standard InChI is InChI=1S/C49H50N4O7/c1-30(2)13-14-57-15-16-58-38-19-32(28-59-45-24-41-39(17-31(45)3)48(54)52-36(26-50-41)21-34-9-5-7-11-43(34)52)18-33(20-38)29-60-47-25-42-40(23-46(47)56-4)49(55)53-37(27-51-42)22-35-10-6-8-12-44(35)53/h5-12,17-20,23-25,27,30,36-37,50H,13-16,21-22,26,28-29H2,1-4H3/t36-,37-/m0/s1. The van der Waals surface area contributed by atoms with Crippen molar-refractivity contribution in [2.45, 2.75) is 65.3 Å². The molecule has 0 saturated heterocycles. The monoisotopic (exact) mass is 806 g/mol. The number of anilines is 3. The Bertz CT molecular complexity index is 2480. The zero-order valence-corrected chi connectivity index (χ0v) is 34.5. The number of para-hydroxylation sites is 2. The van der Waals surface area contributed by atoms with Crippen molar-refractivity contribution < 1.29 is 33.3 Å². The largest absolute Gasteiger partial charge is 0.493 e. The highest BCUT2D eigenvalue weighted by Gasteiger charge is 2.38. The molecule has 5 aromatic carbocycles. The maximum absolute atomic E-state index is 14.0. The lowest BCUT2D eigenvalue weighted by Crippen LogP contribution is -2.39. The molecule has 0 spiro atoms. The fraction of sp³-hybridized carbons (Fsp3) is 0.327. The van der Waals surface area contributed by atoms with Crippen LogP contribution in [0.3, 0.4) is 0 Å². The van der Waals surface area contributed by atoms with E-state index in [2.05, 4.69) is 31.3 Å². The number of carbonyl (C=O) groups excluding carboxylic acids is 2. The first-order valence-electron chi connectivity index (χ1n) is 20.8. The van der Waals surface area contributed by atoms with Gasteiger partial charge in [-0.25, -0.2) is 0 Å². The third-order valence-corrected chi connectivity index (χ3v) is 11.6. The van der Waals surface area contributed by atoms with Gasteiger partial charge in [0, 0.05) is 49.3 Å². The van der Waals surface area contributed by atoms with Crippen LogP contribution < -0.4 is 34.1 Å². The molecule has 0 saturated carbocycles. The molecule has 9 rings (SSSR count). The number of carbonyl (C=O) groups is 2. The average molecular weight is 807 g/mol. The van der Waals surface area contributed by atoms with Crippen LogP contribution in [-0.4, -0.2) is 63.6 Å². The number of ether oxygens (including phenoxy) is 5. The fourth-order valence-electron chi connectivity index (χ4n) is 8.55. The highest BCUT2D eigenvalue weighted by atomic mass is 16.5. The summed E-state index contributed by atoms with van der Waals surface area (Å²) in [5, 5.41) is 3.54. The van der Waals surface area contributed by atoms with Crippen LogP contribution in [0, 0.1) is 12.8 Å². The van der Waals surface area contributed by atoms with Gasteiger partial charge in [-0.2, -0.15) is 0 Å². The molecule has 4 aliphatic rings. The number of hydrogen-bond acceptors (Lipinski definition) is 9. The fourth-order valence-corrected chi connectivity index (χ4v) is 8.55. The van der Waals surface area contributed by atoms with Crippen molar-refractivity contribution in [2.75, 3.05) is 48.6 Å². The zero-order chi connectivity index (χ0) is 41.3. The number of nitrogens with one attached hydrogen (secondary N) is 1. The molecule has 11 heteroatoms. The molecular weight excluding hydrogens is 757 g/mol. The number of rotatable bonds is 14. The highest BCUT2D eigenvalue weighted by Crippen LogP contribution is 2.42. The van der Waals surface area contributed by atoms with Crippen molar-refractivity contribution in [1.29, 1.82) is 0 Å². The second-order valence-electron chi connectivity index (χ2n) is 16.3. The van der Waals surface area contributed by atoms with E-state index in [9.17, 15) is 9.59 Å². The number of benzene rings is 5. The van der Waals surface area contributed by atoms with Crippen LogP contribution in [0.5, 0.6) is 23.0 Å². The summed E-state index contributed by atoms with van der Waals surface area (Å²) in [4.78, 5) is 36.4. The molecule has 11 nitrogen and oxygen atoms in total. The third-order valence-electron chi connectivity index (χ3n) is 11.6. The Kier molecular flexibility index (Phi) is 10.9. The molecule has 0 bridgehead atoms. The molecule has 0 aliphatic carbocycles. The Morgan fingerprint density at radius 3 is 2.18 bits per heavy atom. The topological polar surface area (TPSA) is 111 Å². The number of fused-ring (bicyclic) bond motifs is 8. The molecular formula is C49H50N4O7. The van der Waals surface area contributed by atoms with E-state index in [1.165, 1.54) is 5.56 Å². The molecule has 2 amide bonds. The first-order valence-corrected chi connectivity index (χ1v) is 20.8. The van der Waals surface area contributed by atoms with Crippen LogP contribution >= 0.6 is 0 Å². The van der Waals surface area contributed by atoms with Gasteiger partial charge in [0.2, 0.25) is 0 Å². The summed E-state index contributed by atoms with van der Waals surface area (Å²) in [5.41, 5.74) is 9.21. The van der Waals surface area contributed by atoms with Gasteiger partial charge in [0.1, 0.15) is 31.3 Å². The number of methoxy groups -OCH3 is 1. The summed E-state index contributed by atoms with van der Waals surface area (Å²) in [5.74, 6) is 2.71. The number of hydrogen-bond donors (Lipinski definition) is 1. The normalized spacial score (nSPS) is 17.1. The van der Waals surface area contributed by atoms with Crippen molar-refractivity contribution in [3.05, 3.63) is 130 Å². The van der Waals surface area contributed by atoms with Gasteiger partial charge in [-0.05, 0) is 96.0 Å². The molecule has 2 atom stereocenters. The summed E-state index contributed by atoms with van der Waals surface area (Å²) in [6, 6.07) is 29.3. The van der Waals surface area contributed by atoms with Crippen LogP contribution in [0.4, 0.5) is 22.7 Å². The zero-order valence-electron chi connectivity index (χ0n) is 34.5. The Morgan fingerprint density at radius 1 is 0.733 bits per heavy atom. The number of aryl methyl sites for hydroxylation is 1. The van der Waals surface area contributed by atoms with Gasteiger partial charge >= 0.3 is 0 Å². The lowest BCUT2D eigenvalue weighted by atomic mass is 10.1. The van der Waals surface area contributed by atoms with E-state index < -0.39 is 0 Å². The molecule has 4 aliphatic heterocycles. The predicted octanol–water partition coefficient (Wildman–Crippen LogP) is 8.89. The van der Waals surface area contributed by atoms with E-state index in [1.54, 1.807) is 19.2 Å². The molecule has 0 unspecified atom stereocenters. The number of amides is 2. The Balaban J connectivity index is 0.934. The molecule has 0 radical (unpaired) electrons. The van der Waals surface area contributed by atoms with Crippen molar-refractivity contribution >= 4 is 40.8 Å². The van der Waals surface area contributed by atoms with Crippen molar-refractivity contribution in [2.24, 2.45) is 10.9 Å². The summed E-state index contributed by atoms with van der Waals surface area (Å²) in [6.45, 7) is 8.96. The molecule has 0 aromatic heterocycles. The van der Waals surface area contributed by atoms with E-state index in [0.717, 1.165) is 52.2 Å². The van der Waals surface area contributed by atoms with Crippen molar-refractivity contribution in [3.8, 4) is 23.0 Å². The number of aliphatic imine (C=N–C) groups is 1. The minimum atomic E-state index is -0.161. The molecule has 5 aromatic rings. The predicted molar refractivity (Wildman–Crippen MR) is 233 cm³/mol. The van der Waals surface area contributed by atoms with Gasteiger partial charge < -0.3 is 33.9 Å². The van der Waals surface area contributed by atoms with E-state index in [-0.39, 0.29) is 37.1 Å². The maximum atomic E-state index is 14.0. The minimum absolute atomic E-state index is 0.00194. The Morgan fingerprint density at radius 2 is 1.43 bits per heavy atom. The van der Waals surface area contributed by atoms with Gasteiger partial charge in [-0.1, -0.05) is 50.2 Å². The van der Waals surface area contributed by atoms with Crippen molar-refractivity contribution in [1.82, 2.24) is 0 Å². The minimum Gasteiger partial charge on any atom is -0.493 e. The summed E-state index contributed by atoms with van der Waals surface area (Å²) < 4.78 is 30.7. The quantitative estimate of drug-likeness (QED) is 0.111. The lowest BCUT2D eigenvalue weighted by molar-refractivity contribution is 0.0924. The molecule has 4 heterocycles. The van der Waals surface area contributed by atoms with E-state index in [4.69, 9.17) is 28.7 Å². The van der Waals surface area contributed by atoms with Crippen LogP contribution in [0.1, 0.15) is 68.8 Å².